The summed E-state index contributed by atoms with van der Waals surface area (Å²) in [6, 6.07) is 0. The lowest BCUT2D eigenvalue weighted by Gasteiger charge is -2.16. The second-order valence-electron chi connectivity index (χ2n) is 4.15. The molecule has 4 heteroatoms. The lowest BCUT2D eigenvalue weighted by Crippen LogP contribution is -2.31. The molecule has 1 rings (SSSR count). The van der Waals surface area contributed by atoms with E-state index in [-0.39, 0.29) is 5.97 Å². The van der Waals surface area contributed by atoms with Gasteiger partial charge in [-0.1, -0.05) is 6.92 Å². The number of imidazole rings is 1. The van der Waals surface area contributed by atoms with Crippen LogP contribution < -0.4 is 4.84 Å². The molecule has 0 fully saturated rings. The van der Waals surface area contributed by atoms with Gasteiger partial charge in [-0.2, -0.15) is 4.73 Å². The van der Waals surface area contributed by atoms with Gasteiger partial charge in [0, 0.05) is 12.6 Å². The third-order valence-corrected chi connectivity index (χ3v) is 1.79. The van der Waals surface area contributed by atoms with E-state index < -0.39 is 5.41 Å². The summed E-state index contributed by atoms with van der Waals surface area (Å²) in [7, 11) is 0. The van der Waals surface area contributed by atoms with Crippen molar-refractivity contribution in [3.63, 3.8) is 0 Å². The molecule has 0 aromatic carbocycles. The molecule has 0 aliphatic heterocycles. The minimum absolute atomic E-state index is 0.259. The molecule has 0 amide bonds. The van der Waals surface area contributed by atoms with Crippen LogP contribution in [0.3, 0.4) is 0 Å². The fourth-order valence-corrected chi connectivity index (χ4v) is 0.879. The molecule has 0 N–H and O–H groups in total. The zero-order chi connectivity index (χ0) is 10.8. The first-order chi connectivity index (χ1) is 6.45. The standard InChI is InChI=1S/C10H16N2O2/c1-5-8-11-6-7-12(8)14-9(13)10(2,3)4/h6-7H,5H2,1-4H3. The van der Waals surface area contributed by atoms with Gasteiger partial charge in [-0.15, -0.1) is 0 Å². The van der Waals surface area contributed by atoms with Gasteiger partial charge < -0.3 is 4.84 Å². The van der Waals surface area contributed by atoms with E-state index in [1.165, 1.54) is 4.73 Å². The van der Waals surface area contributed by atoms with E-state index in [0.29, 0.717) is 0 Å². The summed E-state index contributed by atoms with van der Waals surface area (Å²) in [5.74, 6) is 0.493. The highest BCUT2D eigenvalue weighted by molar-refractivity contribution is 5.75. The van der Waals surface area contributed by atoms with Crippen molar-refractivity contribution in [1.82, 2.24) is 9.71 Å². The predicted molar refractivity (Wildman–Crippen MR) is 52.6 cm³/mol. The molecule has 0 unspecified atom stereocenters. The van der Waals surface area contributed by atoms with E-state index in [0.717, 1.165) is 12.2 Å². The molecule has 0 atom stereocenters. The van der Waals surface area contributed by atoms with E-state index in [1.54, 1.807) is 12.4 Å². The Morgan fingerprint density at radius 1 is 1.57 bits per heavy atom. The van der Waals surface area contributed by atoms with Crippen LogP contribution in [0.2, 0.25) is 0 Å². The first-order valence-electron chi connectivity index (χ1n) is 4.70. The van der Waals surface area contributed by atoms with Crippen LogP contribution in [0.5, 0.6) is 0 Å². The van der Waals surface area contributed by atoms with Crippen molar-refractivity contribution in [1.29, 1.82) is 0 Å². The van der Waals surface area contributed by atoms with Gasteiger partial charge in [0.25, 0.3) is 0 Å². The van der Waals surface area contributed by atoms with Crippen molar-refractivity contribution in [3.8, 4) is 0 Å². The summed E-state index contributed by atoms with van der Waals surface area (Å²) >= 11 is 0. The lowest BCUT2D eigenvalue weighted by atomic mass is 9.98. The van der Waals surface area contributed by atoms with E-state index >= 15 is 0 Å². The summed E-state index contributed by atoms with van der Waals surface area (Å²) < 4.78 is 1.42. The Morgan fingerprint density at radius 3 is 2.71 bits per heavy atom. The Bertz CT molecular complexity index is 323. The second-order valence-corrected chi connectivity index (χ2v) is 4.15. The molecule has 0 aliphatic carbocycles. The Balaban J connectivity index is 2.74. The van der Waals surface area contributed by atoms with E-state index in [9.17, 15) is 4.79 Å². The topological polar surface area (TPSA) is 44.1 Å². The number of carbonyl (C=O) groups is 1. The van der Waals surface area contributed by atoms with Crippen LogP contribution >= 0.6 is 0 Å². The van der Waals surface area contributed by atoms with Crippen LogP contribution in [-0.2, 0) is 11.2 Å². The lowest BCUT2D eigenvalue weighted by molar-refractivity contribution is -0.153. The quantitative estimate of drug-likeness (QED) is 0.719. The van der Waals surface area contributed by atoms with E-state index in [1.807, 2.05) is 27.7 Å². The molecule has 0 radical (unpaired) electrons. The molecule has 0 spiro atoms. The maximum atomic E-state index is 11.5. The highest BCUT2D eigenvalue weighted by atomic mass is 16.7. The number of carbonyl (C=O) groups excluding carboxylic acids is 1. The maximum absolute atomic E-state index is 11.5. The molecule has 1 aromatic rings. The normalized spacial score (nSPS) is 11.4. The number of rotatable bonds is 2. The monoisotopic (exact) mass is 196 g/mol. The molecule has 1 aromatic heterocycles. The molecule has 4 nitrogen and oxygen atoms in total. The first kappa shape index (κ1) is 10.8. The van der Waals surface area contributed by atoms with Crippen LogP contribution in [-0.4, -0.2) is 15.7 Å². The van der Waals surface area contributed by atoms with E-state index in [2.05, 4.69) is 4.98 Å². The highest BCUT2D eigenvalue weighted by Crippen LogP contribution is 2.13. The van der Waals surface area contributed by atoms with Gasteiger partial charge >= 0.3 is 5.97 Å². The van der Waals surface area contributed by atoms with Crippen LogP contribution in [0.15, 0.2) is 12.4 Å². The molecule has 1 heterocycles. The SMILES string of the molecule is CCc1nccn1OC(=O)C(C)(C)C. The largest absolute Gasteiger partial charge is 0.338 e. The molecule has 0 saturated heterocycles. The van der Waals surface area contributed by atoms with Gasteiger partial charge in [-0.3, -0.25) is 0 Å². The third-order valence-electron chi connectivity index (χ3n) is 1.79. The Morgan fingerprint density at radius 2 is 2.21 bits per heavy atom. The van der Waals surface area contributed by atoms with Crippen LogP contribution in [0, 0.1) is 5.41 Å². The Hall–Kier alpha value is -1.32. The van der Waals surface area contributed by atoms with Crippen molar-refractivity contribution in [2.45, 2.75) is 34.1 Å². The zero-order valence-electron chi connectivity index (χ0n) is 9.07. The fourth-order valence-electron chi connectivity index (χ4n) is 0.879. The number of aryl methyl sites for hydroxylation is 1. The molecule has 78 valence electrons. The van der Waals surface area contributed by atoms with Crippen molar-refractivity contribution < 1.29 is 9.63 Å². The molecular formula is C10H16N2O2. The van der Waals surface area contributed by atoms with Gasteiger partial charge in [-0.25, -0.2) is 9.78 Å². The molecule has 0 saturated carbocycles. The summed E-state index contributed by atoms with van der Waals surface area (Å²) in [4.78, 5) is 20.7. The number of hydrogen-bond acceptors (Lipinski definition) is 3. The minimum Gasteiger partial charge on any atom is -0.335 e. The highest BCUT2D eigenvalue weighted by Gasteiger charge is 2.24. The number of nitrogens with zero attached hydrogens (tertiary/aromatic N) is 2. The van der Waals surface area contributed by atoms with Crippen molar-refractivity contribution in [3.05, 3.63) is 18.2 Å². The first-order valence-corrected chi connectivity index (χ1v) is 4.70. The second kappa shape index (κ2) is 3.82. The molecule has 14 heavy (non-hydrogen) atoms. The maximum Gasteiger partial charge on any atom is 0.338 e. The van der Waals surface area contributed by atoms with Crippen molar-refractivity contribution in [2.24, 2.45) is 5.41 Å². The molecular weight excluding hydrogens is 180 g/mol. The average Bonchev–Trinajstić information content (AvgIpc) is 2.50. The summed E-state index contributed by atoms with van der Waals surface area (Å²) in [5.41, 5.74) is -0.491. The van der Waals surface area contributed by atoms with Gasteiger partial charge in [0.05, 0.1) is 11.6 Å². The van der Waals surface area contributed by atoms with Gasteiger partial charge in [0.1, 0.15) is 5.82 Å². The molecule has 0 aliphatic rings. The average molecular weight is 196 g/mol. The Labute approximate surface area is 83.9 Å². The van der Waals surface area contributed by atoms with Gasteiger partial charge in [0.15, 0.2) is 0 Å². The number of hydrogen-bond donors (Lipinski definition) is 0. The summed E-state index contributed by atoms with van der Waals surface area (Å²) in [5, 5.41) is 0. The smallest absolute Gasteiger partial charge is 0.335 e. The van der Waals surface area contributed by atoms with Crippen molar-refractivity contribution >= 4 is 5.97 Å². The van der Waals surface area contributed by atoms with E-state index in [4.69, 9.17) is 4.84 Å². The van der Waals surface area contributed by atoms with Gasteiger partial charge in [0.2, 0.25) is 0 Å². The van der Waals surface area contributed by atoms with Crippen LogP contribution in [0.25, 0.3) is 0 Å². The minimum atomic E-state index is -0.491. The van der Waals surface area contributed by atoms with Crippen molar-refractivity contribution in [2.75, 3.05) is 0 Å². The number of aromatic nitrogens is 2. The summed E-state index contributed by atoms with van der Waals surface area (Å²) in [6.45, 7) is 7.41. The van der Waals surface area contributed by atoms with Crippen LogP contribution in [0.4, 0.5) is 0 Å². The fraction of sp³-hybridized carbons (Fsp3) is 0.600. The zero-order valence-corrected chi connectivity index (χ0v) is 9.07. The van der Waals surface area contributed by atoms with Gasteiger partial charge in [-0.05, 0) is 20.8 Å². The summed E-state index contributed by atoms with van der Waals surface area (Å²) in [6.07, 6.45) is 4.00. The third kappa shape index (κ3) is 2.34. The predicted octanol–water partition coefficient (Wildman–Crippen LogP) is 1.45. The Kier molecular flexibility index (Phi) is 2.93. The molecule has 0 bridgehead atoms. The van der Waals surface area contributed by atoms with Crippen LogP contribution in [0.1, 0.15) is 33.5 Å².